The van der Waals surface area contributed by atoms with Gasteiger partial charge in [0.05, 0.1) is 17.7 Å². The number of rotatable bonds is 5. The summed E-state index contributed by atoms with van der Waals surface area (Å²) in [5, 5.41) is 2.88. The highest BCUT2D eigenvalue weighted by molar-refractivity contribution is 9.10. The van der Waals surface area contributed by atoms with Gasteiger partial charge in [0.1, 0.15) is 11.5 Å². The normalized spacial score (nSPS) is 14.5. The minimum absolute atomic E-state index is 0.108. The molecular formula is C19H18BrNO3. The highest BCUT2D eigenvalue weighted by Gasteiger charge is 2.24. The zero-order valence-corrected chi connectivity index (χ0v) is 15.1. The van der Waals surface area contributed by atoms with Gasteiger partial charge in [0, 0.05) is 28.5 Å². The highest BCUT2D eigenvalue weighted by Crippen LogP contribution is 2.38. The number of halogens is 1. The van der Waals surface area contributed by atoms with Gasteiger partial charge in [0.25, 0.3) is 5.91 Å². The van der Waals surface area contributed by atoms with Crippen molar-refractivity contribution in [2.24, 2.45) is 0 Å². The van der Waals surface area contributed by atoms with E-state index < -0.39 is 0 Å². The summed E-state index contributed by atoms with van der Waals surface area (Å²) in [5.41, 5.74) is 3.18. The van der Waals surface area contributed by atoms with Gasteiger partial charge in [0.15, 0.2) is 0 Å². The van der Waals surface area contributed by atoms with Gasteiger partial charge in [-0.1, -0.05) is 18.2 Å². The van der Waals surface area contributed by atoms with E-state index in [-0.39, 0.29) is 5.91 Å². The summed E-state index contributed by atoms with van der Waals surface area (Å²) in [6.45, 7) is 4.96. The van der Waals surface area contributed by atoms with E-state index in [1.165, 1.54) is 0 Å². The molecule has 0 saturated carbocycles. The van der Waals surface area contributed by atoms with Gasteiger partial charge in [0.2, 0.25) is 0 Å². The second kappa shape index (κ2) is 7.09. The van der Waals surface area contributed by atoms with Crippen LogP contribution in [-0.2, 0) is 4.79 Å². The second-order valence-corrected chi connectivity index (χ2v) is 6.10. The maximum Gasteiger partial charge on any atom is 0.256 e. The number of amides is 1. The van der Waals surface area contributed by atoms with Crippen molar-refractivity contribution < 1.29 is 14.3 Å². The van der Waals surface area contributed by atoms with E-state index in [0.29, 0.717) is 24.5 Å². The molecule has 2 aromatic carbocycles. The number of carbonyl (C=O) groups excluding carboxylic acids is 1. The van der Waals surface area contributed by atoms with E-state index >= 15 is 0 Å². The Labute approximate surface area is 149 Å². The van der Waals surface area contributed by atoms with Gasteiger partial charge in [-0.2, -0.15) is 0 Å². The number of carbonyl (C=O) groups is 1. The van der Waals surface area contributed by atoms with Crippen molar-refractivity contribution in [1.29, 1.82) is 0 Å². The lowest BCUT2D eigenvalue weighted by atomic mass is 10.0. The van der Waals surface area contributed by atoms with Gasteiger partial charge in [-0.25, -0.2) is 0 Å². The number of fused-ring (bicyclic) bond motifs is 1. The monoisotopic (exact) mass is 387 g/mol. The standard InChI is InChI=1S/C19H18BrNO3/c1-3-23-17-11-18(24-4-2)15(20)10-12(17)9-14-13-7-5-6-8-16(13)21-19(14)22/h5-11H,3-4H2,1-2H3,(H,21,22). The van der Waals surface area contributed by atoms with Gasteiger partial charge < -0.3 is 14.8 Å². The van der Waals surface area contributed by atoms with Crippen LogP contribution in [-0.4, -0.2) is 19.1 Å². The van der Waals surface area contributed by atoms with Crippen molar-refractivity contribution in [1.82, 2.24) is 0 Å². The molecule has 1 aliphatic heterocycles. The summed E-state index contributed by atoms with van der Waals surface area (Å²) < 4.78 is 12.2. The number of para-hydroxylation sites is 1. The molecule has 0 saturated heterocycles. The van der Waals surface area contributed by atoms with Crippen molar-refractivity contribution in [3.63, 3.8) is 0 Å². The van der Waals surface area contributed by atoms with Gasteiger partial charge in [-0.05, 0) is 48.0 Å². The molecule has 0 radical (unpaired) electrons. The summed E-state index contributed by atoms with van der Waals surface area (Å²) in [7, 11) is 0. The minimum atomic E-state index is -0.108. The summed E-state index contributed by atoms with van der Waals surface area (Å²) in [6, 6.07) is 11.4. The van der Waals surface area contributed by atoms with E-state index in [1.54, 1.807) is 0 Å². The molecule has 2 aromatic rings. The van der Waals surface area contributed by atoms with Crippen LogP contribution in [0.15, 0.2) is 40.9 Å². The molecule has 0 aromatic heterocycles. The first-order valence-corrected chi connectivity index (χ1v) is 8.65. The quantitative estimate of drug-likeness (QED) is 0.753. The van der Waals surface area contributed by atoms with Crippen molar-refractivity contribution in [3.05, 3.63) is 52.0 Å². The predicted octanol–water partition coefficient (Wildman–Crippen LogP) is 4.74. The Morgan fingerprint density at radius 3 is 2.54 bits per heavy atom. The Hall–Kier alpha value is -2.27. The van der Waals surface area contributed by atoms with Crippen molar-refractivity contribution in [2.45, 2.75) is 13.8 Å². The molecule has 1 aliphatic rings. The second-order valence-electron chi connectivity index (χ2n) is 5.24. The molecule has 124 valence electrons. The van der Waals surface area contributed by atoms with Crippen LogP contribution >= 0.6 is 15.9 Å². The molecule has 1 heterocycles. The molecule has 1 N–H and O–H groups in total. The average Bonchev–Trinajstić information content (AvgIpc) is 2.88. The smallest absolute Gasteiger partial charge is 0.256 e. The fourth-order valence-electron chi connectivity index (χ4n) is 2.65. The Bertz CT molecular complexity index is 814. The van der Waals surface area contributed by atoms with Crippen LogP contribution in [0, 0.1) is 0 Å². The zero-order valence-electron chi connectivity index (χ0n) is 13.6. The molecule has 3 rings (SSSR count). The highest BCUT2D eigenvalue weighted by atomic mass is 79.9. The van der Waals surface area contributed by atoms with Crippen LogP contribution in [0.4, 0.5) is 5.69 Å². The Morgan fingerprint density at radius 1 is 1.08 bits per heavy atom. The number of nitrogens with one attached hydrogen (secondary N) is 1. The number of ether oxygens (including phenoxy) is 2. The van der Waals surface area contributed by atoms with Crippen LogP contribution in [0.5, 0.6) is 11.5 Å². The van der Waals surface area contributed by atoms with Crippen LogP contribution in [0.25, 0.3) is 11.6 Å². The summed E-state index contributed by atoms with van der Waals surface area (Å²) in [6.07, 6.45) is 1.85. The van der Waals surface area contributed by atoms with E-state index in [1.807, 2.05) is 56.3 Å². The predicted molar refractivity (Wildman–Crippen MR) is 99.4 cm³/mol. The lowest BCUT2D eigenvalue weighted by Crippen LogP contribution is -2.04. The molecule has 0 spiro atoms. The molecule has 0 bridgehead atoms. The number of anilines is 1. The first kappa shape index (κ1) is 16.6. The largest absolute Gasteiger partial charge is 0.493 e. The molecule has 0 atom stereocenters. The van der Waals surface area contributed by atoms with Crippen LogP contribution in [0.1, 0.15) is 25.0 Å². The SMILES string of the molecule is CCOc1cc(OCC)c(C=C2C(=O)Nc3ccccc32)cc1Br. The Kier molecular flexibility index (Phi) is 4.90. The third kappa shape index (κ3) is 3.17. The third-order valence-corrected chi connectivity index (χ3v) is 4.29. The maximum atomic E-state index is 12.3. The summed E-state index contributed by atoms with van der Waals surface area (Å²) in [4.78, 5) is 12.3. The van der Waals surface area contributed by atoms with E-state index in [0.717, 1.165) is 27.0 Å². The van der Waals surface area contributed by atoms with Gasteiger partial charge in [-0.3, -0.25) is 4.79 Å². The van der Waals surface area contributed by atoms with Gasteiger partial charge >= 0.3 is 0 Å². The summed E-state index contributed by atoms with van der Waals surface area (Å²) in [5.74, 6) is 1.30. The van der Waals surface area contributed by atoms with Crippen molar-refractivity contribution in [3.8, 4) is 11.5 Å². The molecule has 0 unspecified atom stereocenters. The summed E-state index contributed by atoms with van der Waals surface area (Å²) >= 11 is 3.52. The first-order chi connectivity index (χ1) is 11.6. The molecular weight excluding hydrogens is 370 g/mol. The maximum absolute atomic E-state index is 12.3. The lowest BCUT2D eigenvalue weighted by Gasteiger charge is -2.13. The zero-order chi connectivity index (χ0) is 17.1. The minimum Gasteiger partial charge on any atom is -0.493 e. The van der Waals surface area contributed by atoms with Crippen LogP contribution in [0.2, 0.25) is 0 Å². The van der Waals surface area contributed by atoms with Crippen molar-refractivity contribution >= 4 is 39.2 Å². The van der Waals surface area contributed by atoms with Crippen LogP contribution in [0.3, 0.4) is 0 Å². The van der Waals surface area contributed by atoms with E-state index in [9.17, 15) is 4.79 Å². The van der Waals surface area contributed by atoms with E-state index in [4.69, 9.17) is 9.47 Å². The molecule has 0 aliphatic carbocycles. The molecule has 24 heavy (non-hydrogen) atoms. The van der Waals surface area contributed by atoms with Crippen molar-refractivity contribution in [2.75, 3.05) is 18.5 Å². The molecule has 4 nitrogen and oxygen atoms in total. The number of benzene rings is 2. The number of hydrogen-bond donors (Lipinski definition) is 1. The fourth-order valence-corrected chi connectivity index (χ4v) is 3.12. The lowest BCUT2D eigenvalue weighted by molar-refractivity contribution is -0.110. The topological polar surface area (TPSA) is 47.6 Å². The third-order valence-electron chi connectivity index (χ3n) is 3.67. The fraction of sp³-hybridized carbons (Fsp3) is 0.211. The molecule has 0 fully saturated rings. The Morgan fingerprint density at radius 2 is 1.79 bits per heavy atom. The molecule has 5 heteroatoms. The molecule has 1 amide bonds. The Balaban J connectivity index is 2.09. The van der Waals surface area contributed by atoms with Crippen LogP contribution < -0.4 is 14.8 Å². The van der Waals surface area contributed by atoms with E-state index in [2.05, 4.69) is 21.2 Å². The number of hydrogen-bond acceptors (Lipinski definition) is 3. The average molecular weight is 388 g/mol. The first-order valence-electron chi connectivity index (χ1n) is 7.85. The van der Waals surface area contributed by atoms with Gasteiger partial charge in [-0.15, -0.1) is 0 Å².